The molecule has 0 aromatic carbocycles. The summed E-state index contributed by atoms with van der Waals surface area (Å²) >= 11 is 0. The van der Waals surface area contributed by atoms with Gasteiger partial charge in [-0.15, -0.1) is 0 Å². The third-order valence-electron chi connectivity index (χ3n) is 4.32. The molecule has 2 rings (SSSR count). The van der Waals surface area contributed by atoms with Crippen LogP contribution in [0.25, 0.3) is 0 Å². The molecule has 2 fully saturated rings. The summed E-state index contributed by atoms with van der Waals surface area (Å²) in [7, 11) is 0. The summed E-state index contributed by atoms with van der Waals surface area (Å²) in [6, 6.07) is 0.237. The Hall–Kier alpha value is -1.30. The van der Waals surface area contributed by atoms with Gasteiger partial charge in [0.1, 0.15) is 5.84 Å². The molecule has 0 bridgehead atoms. The van der Waals surface area contributed by atoms with Crippen LogP contribution in [0.4, 0.5) is 4.79 Å². The molecule has 2 saturated heterocycles. The van der Waals surface area contributed by atoms with Gasteiger partial charge in [-0.2, -0.15) is 0 Å². The Kier molecular flexibility index (Phi) is 5.23. The molecule has 114 valence electrons. The SMILES string of the molecule is CCCC(C(=N)N)N1CCN(C(=O)N2CCCC2)CC1. The molecule has 6 heteroatoms. The molecular formula is C14H27N5O. The lowest BCUT2D eigenvalue weighted by molar-refractivity contribution is 0.107. The molecule has 2 heterocycles. The van der Waals surface area contributed by atoms with Crippen molar-refractivity contribution >= 4 is 11.9 Å². The number of carbonyl (C=O) groups is 1. The van der Waals surface area contributed by atoms with E-state index in [1.165, 1.54) is 0 Å². The minimum atomic E-state index is 0.0454. The number of nitrogens with zero attached hydrogens (tertiary/aromatic N) is 3. The van der Waals surface area contributed by atoms with Crippen LogP contribution in [0.3, 0.4) is 0 Å². The maximum atomic E-state index is 12.3. The molecule has 1 unspecified atom stereocenters. The summed E-state index contributed by atoms with van der Waals surface area (Å²) in [5.74, 6) is 0.256. The normalized spacial score (nSPS) is 22.1. The zero-order valence-electron chi connectivity index (χ0n) is 12.5. The Labute approximate surface area is 121 Å². The molecular weight excluding hydrogens is 254 g/mol. The number of urea groups is 1. The Balaban J connectivity index is 1.84. The van der Waals surface area contributed by atoms with Crippen molar-refractivity contribution in [2.75, 3.05) is 39.3 Å². The van der Waals surface area contributed by atoms with Crippen molar-refractivity contribution < 1.29 is 4.79 Å². The van der Waals surface area contributed by atoms with Gasteiger partial charge in [0.05, 0.1) is 6.04 Å². The first kappa shape index (κ1) is 15.1. The summed E-state index contributed by atoms with van der Waals surface area (Å²) in [5, 5.41) is 7.71. The fraction of sp³-hybridized carbons (Fsp3) is 0.857. The van der Waals surface area contributed by atoms with E-state index in [2.05, 4.69) is 11.8 Å². The molecule has 0 aliphatic carbocycles. The maximum absolute atomic E-state index is 12.3. The van der Waals surface area contributed by atoms with Gasteiger partial charge in [-0.25, -0.2) is 4.79 Å². The summed E-state index contributed by atoms with van der Waals surface area (Å²) in [5.41, 5.74) is 5.70. The molecule has 0 saturated carbocycles. The second-order valence-corrected chi connectivity index (χ2v) is 5.76. The van der Waals surface area contributed by atoms with Crippen LogP contribution in [0.1, 0.15) is 32.6 Å². The summed E-state index contributed by atoms with van der Waals surface area (Å²) < 4.78 is 0. The molecule has 0 aromatic rings. The average molecular weight is 281 g/mol. The van der Waals surface area contributed by atoms with Crippen molar-refractivity contribution in [2.24, 2.45) is 5.73 Å². The lowest BCUT2D eigenvalue weighted by Crippen LogP contribution is -2.56. The van der Waals surface area contributed by atoms with Crippen molar-refractivity contribution in [2.45, 2.75) is 38.6 Å². The highest BCUT2D eigenvalue weighted by Gasteiger charge is 2.29. The predicted molar refractivity (Wildman–Crippen MR) is 80.0 cm³/mol. The average Bonchev–Trinajstić information content (AvgIpc) is 2.98. The van der Waals surface area contributed by atoms with Crippen molar-refractivity contribution in [1.29, 1.82) is 5.41 Å². The molecule has 0 aromatic heterocycles. The molecule has 1 atom stereocenters. The molecule has 2 aliphatic rings. The smallest absolute Gasteiger partial charge is 0.320 e. The van der Waals surface area contributed by atoms with Crippen molar-refractivity contribution in [3.8, 4) is 0 Å². The maximum Gasteiger partial charge on any atom is 0.320 e. The summed E-state index contributed by atoms with van der Waals surface area (Å²) in [6.07, 6.45) is 4.22. The van der Waals surface area contributed by atoms with Gasteiger partial charge in [0.25, 0.3) is 0 Å². The van der Waals surface area contributed by atoms with Gasteiger partial charge >= 0.3 is 6.03 Å². The van der Waals surface area contributed by atoms with Crippen LogP contribution in [-0.4, -0.2) is 71.9 Å². The Morgan fingerprint density at radius 2 is 1.65 bits per heavy atom. The molecule has 20 heavy (non-hydrogen) atoms. The number of nitrogens with one attached hydrogen (secondary N) is 1. The fourth-order valence-electron chi connectivity index (χ4n) is 3.14. The first-order valence-corrected chi connectivity index (χ1v) is 7.75. The first-order valence-electron chi connectivity index (χ1n) is 7.75. The second kappa shape index (κ2) is 6.92. The lowest BCUT2D eigenvalue weighted by Gasteiger charge is -2.40. The zero-order chi connectivity index (χ0) is 14.5. The predicted octanol–water partition coefficient (Wildman–Crippen LogP) is 0.924. The lowest BCUT2D eigenvalue weighted by atomic mass is 10.1. The van der Waals surface area contributed by atoms with E-state index in [9.17, 15) is 4.79 Å². The quantitative estimate of drug-likeness (QED) is 0.594. The van der Waals surface area contributed by atoms with E-state index in [0.29, 0.717) is 0 Å². The number of amides is 2. The Bertz CT molecular complexity index is 345. The van der Waals surface area contributed by atoms with Crippen molar-refractivity contribution in [1.82, 2.24) is 14.7 Å². The largest absolute Gasteiger partial charge is 0.386 e. The second-order valence-electron chi connectivity index (χ2n) is 5.76. The van der Waals surface area contributed by atoms with Gasteiger partial charge in [-0.05, 0) is 19.3 Å². The van der Waals surface area contributed by atoms with E-state index in [1.807, 2.05) is 9.80 Å². The van der Waals surface area contributed by atoms with Crippen LogP contribution in [-0.2, 0) is 0 Å². The third-order valence-corrected chi connectivity index (χ3v) is 4.32. The number of rotatable bonds is 4. The fourth-order valence-corrected chi connectivity index (χ4v) is 3.14. The molecule has 2 amide bonds. The Morgan fingerprint density at radius 3 is 2.15 bits per heavy atom. The zero-order valence-corrected chi connectivity index (χ0v) is 12.5. The van der Waals surface area contributed by atoms with E-state index in [1.54, 1.807) is 0 Å². The summed E-state index contributed by atoms with van der Waals surface area (Å²) in [4.78, 5) is 18.5. The number of hydrogen-bond donors (Lipinski definition) is 2. The van der Waals surface area contributed by atoms with Gasteiger partial charge in [-0.1, -0.05) is 13.3 Å². The van der Waals surface area contributed by atoms with Gasteiger partial charge in [0.15, 0.2) is 0 Å². The van der Waals surface area contributed by atoms with Gasteiger partial charge in [0.2, 0.25) is 0 Å². The third kappa shape index (κ3) is 3.42. The van der Waals surface area contributed by atoms with Gasteiger partial charge in [-0.3, -0.25) is 10.3 Å². The molecule has 0 spiro atoms. The van der Waals surface area contributed by atoms with Gasteiger partial charge < -0.3 is 15.5 Å². The summed E-state index contributed by atoms with van der Waals surface area (Å²) in [6.45, 7) is 7.08. The topological polar surface area (TPSA) is 76.7 Å². The monoisotopic (exact) mass is 281 g/mol. The number of carbonyl (C=O) groups excluding carboxylic acids is 1. The van der Waals surface area contributed by atoms with E-state index >= 15 is 0 Å². The highest BCUT2D eigenvalue weighted by Crippen LogP contribution is 2.15. The Morgan fingerprint density at radius 1 is 1.10 bits per heavy atom. The van der Waals surface area contributed by atoms with E-state index < -0.39 is 0 Å². The highest BCUT2D eigenvalue weighted by molar-refractivity contribution is 5.82. The van der Waals surface area contributed by atoms with E-state index in [-0.39, 0.29) is 17.9 Å². The van der Waals surface area contributed by atoms with Crippen LogP contribution in [0.2, 0.25) is 0 Å². The van der Waals surface area contributed by atoms with Crippen LogP contribution in [0.5, 0.6) is 0 Å². The molecule has 2 aliphatic heterocycles. The number of amidine groups is 1. The molecule has 0 radical (unpaired) electrons. The minimum Gasteiger partial charge on any atom is -0.386 e. The van der Waals surface area contributed by atoms with Crippen molar-refractivity contribution in [3.63, 3.8) is 0 Å². The highest BCUT2D eigenvalue weighted by atomic mass is 16.2. The minimum absolute atomic E-state index is 0.0454. The number of piperazine rings is 1. The van der Waals surface area contributed by atoms with Crippen LogP contribution >= 0.6 is 0 Å². The first-order chi connectivity index (χ1) is 9.63. The van der Waals surface area contributed by atoms with E-state index in [4.69, 9.17) is 11.1 Å². The van der Waals surface area contributed by atoms with Crippen LogP contribution in [0.15, 0.2) is 0 Å². The number of nitrogens with two attached hydrogens (primary N) is 1. The van der Waals surface area contributed by atoms with Crippen LogP contribution in [0, 0.1) is 5.41 Å². The molecule has 3 N–H and O–H groups in total. The van der Waals surface area contributed by atoms with Crippen LogP contribution < -0.4 is 5.73 Å². The van der Waals surface area contributed by atoms with Gasteiger partial charge in [0, 0.05) is 39.3 Å². The number of likely N-dealkylation sites (tertiary alicyclic amines) is 1. The van der Waals surface area contributed by atoms with E-state index in [0.717, 1.165) is 65.0 Å². The number of hydrogen-bond acceptors (Lipinski definition) is 3. The molecule has 6 nitrogen and oxygen atoms in total. The standard InChI is InChI=1S/C14H27N5O/c1-2-5-12(13(15)16)17-8-10-19(11-9-17)14(20)18-6-3-4-7-18/h12H,2-11H2,1H3,(H3,15,16). The van der Waals surface area contributed by atoms with Crippen molar-refractivity contribution in [3.05, 3.63) is 0 Å².